The van der Waals surface area contributed by atoms with Gasteiger partial charge in [0.1, 0.15) is 0 Å². The Labute approximate surface area is 275 Å². The van der Waals surface area contributed by atoms with Crippen LogP contribution in [0.25, 0.3) is 107 Å². The SMILES string of the molecule is c1ccc2c(-c3c4ccccc4c(-c4cc5cccc6ccc7cccc4c7c65)c4ccccc34)c3sc4ccccc4c3cc2c1. The van der Waals surface area contributed by atoms with E-state index in [-0.39, 0.29) is 0 Å². The van der Waals surface area contributed by atoms with Crippen LogP contribution in [0.4, 0.5) is 0 Å². The molecule has 11 aromatic rings. The lowest BCUT2D eigenvalue weighted by Crippen LogP contribution is -1.93. The van der Waals surface area contributed by atoms with Crippen LogP contribution < -0.4 is 0 Å². The lowest BCUT2D eigenvalue weighted by Gasteiger charge is -2.21. The minimum absolute atomic E-state index is 1.28. The Morgan fingerprint density at radius 3 is 1.57 bits per heavy atom. The van der Waals surface area contributed by atoms with Gasteiger partial charge in [-0.3, -0.25) is 0 Å². The van der Waals surface area contributed by atoms with Gasteiger partial charge in [0.15, 0.2) is 0 Å². The molecule has 0 saturated heterocycles. The van der Waals surface area contributed by atoms with Crippen LogP contribution in [0.15, 0.2) is 158 Å². The van der Waals surface area contributed by atoms with Crippen LogP contribution in [0.3, 0.4) is 0 Å². The van der Waals surface area contributed by atoms with Crippen LogP contribution in [0.1, 0.15) is 0 Å². The van der Waals surface area contributed by atoms with Gasteiger partial charge in [-0.1, -0.05) is 140 Å². The van der Waals surface area contributed by atoms with Gasteiger partial charge in [-0.2, -0.15) is 0 Å². The molecule has 216 valence electrons. The zero-order chi connectivity index (χ0) is 30.6. The highest BCUT2D eigenvalue weighted by Gasteiger charge is 2.23. The van der Waals surface area contributed by atoms with Crippen molar-refractivity contribution in [3.8, 4) is 22.3 Å². The van der Waals surface area contributed by atoms with Crippen molar-refractivity contribution in [1.82, 2.24) is 0 Å². The van der Waals surface area contributed by atoms with E-state index in [1.165, 1.54) is 107 Å². The van der Waals surface area contributed by atoms with Gasteiger partial charge in [0, 0.05) is 25.7 Å². The Balaban J connectivity index is 1.37. The smallest absolute Gasteiger partial charge is 0.0440 e. The minimum atomic E-state index is 1.28. The predicted octanol–water partition coefficient (Wildman–Crippen LogP) is 13.7. The Bertz CT molecular complexity index is 3010. The fourth-order valence-electron chi connectivity index (χ4n) is 8.43. The maximum Gasteiger partial charge on any atom is 0.0440 e. The van der Waals surface area contributed by atoms with Gasteiger partial charge in [-0.05, 0) is 99.5 Å². The predicted molar refractivity (Wildman–Crippen MR) is 206 cm³/mol. The van der Waals surface area contributed by atoms with Crippen molar-refractivity contribution in [3.05, 3.63) is 158 Å². The molecule has 0 nitrogen and oxygen atoms in total. The summed E-state index contributed by atoms with van der Waals surface area (Å²) in [5, 5.41) is 18.3. The first-order valence-electron chi connectivity index (χ1n) is 16.3. The van der Waals surface area contributed by atoms with Gasteiger partial charge in [0.25, 0.3) is 0 Å². The maximum atomic E-state index is 2.44. The molecule has 0 unspecified atom stereocenters. The zero-order valence-electron chi connectivity index (χ0n) is 25.4. The van der Waals surface area contributed by atoms with E-state index in [2.05, 4.69) is 158 Å². The molecule has 1 aromatic heterocycles. The molecular weight excluding hydrogens is 585 g/mol. The van der Waals surface area contributed by atoms with Crippen molar-refractivity contribution < 1.29 is 0 Å². The van der Waals surface area contributed by atoms with Crippen LogP contribution in [0.2, 0.25) is 0 Å². The summed E-state index contributed by atoms with van der Waals surface area (Å²) in [7, 11) is 0. The van der Waals surface area contributed by atoms with Crippen molar-refractivity contribution >= 4 is 96.1 Å². The Hall–Kier alpha value is -5.76. The van der Waals surface area contributed by atoms with Gasteiger partial charge in [0.2, 0.25) is 0 Å². The molecule has 0 aliphatic carbocycles. The molecular formula is C46H26S. The van der Waals surface area contributed by atoms with E-state index in [1.54, 1.807) is 0 Å². The quantitative estimate of drug-likeness (QED) is 0.135. The molecule has 11 rings (SSSR count). The van der Waals surface area contributed by atoms with Crippen molar-refractivity contribution in [2.75, 3.05) is 0 Å². The van der Waals surface area contributed by atoms with Crippen molar-refractivity contribution in [1.29, 1.82) is 0 Å². The van der Waals surface area contributed by atoms with E-state index in [1.807, 2.05) is 11.3 Å². The van der Waals surface area contributed by atoms with Crippen molar-refractivity contribution in [2.45, 2.75) is 0 Å². The van der Waals surface area contributed by atoms with Gasteiger partial charge >= 0.3 is 0 Å². The number of thiophene rings is 1. The number of hydrogen-bond acceptors (Lipinski definition) is 1. The van der Waals surface area contributed by atoms with Crippen LogP contribution in [0, 0.1) is 0 Å². The van der Waals surface area contributed by atoms with Crippen molar-refractivity contribution in [2.24, 2.45) is 0 Å². The molecule has 47 heavy (non-hydrogen) atoms. The topological polar surface area (TPSA) is 0 Å². The molecule has 0 aliphatic heterocycles. The minimum Gasteiger partial charge on any atom is -0.135 e. The lowest BCUT2D eigenvalue weighted by atomic mass is 9.82. The molecule has 0 fully saturated rings. The zero-order valence-corrected chi connectivity index (χ0v) is 26.2. The number of benzene rings is 10. The van der Waals surface area contributed by atoms with Crippen molar-refractivity contribution in [3.63, 3.8) is 0 Å². The Kier molecular flexibility index (Phi) is 5.08. The average molecular weight is 611 g/mol. The summed E-state index contributed by atoms with van der Waals surface area (Å²) in [6, 6.07) is 59.0. The molecule has 0 atom stereocenters. The van der Waals surface area contributed by atoms with E-state index in [0.717, 1.165) is 0 Å². The fraction of sp³-hybridized carbons (Fsp3) is 0. The summed E-state index contributed by atoms with van der Waals surface area (Å²) in [4.78, 5) is 0. The summed E-state index contributed by atoms with van der Waals surface area (Å²) < 4.78 is 2.69. The van der Waals surface area contributed by atoms with Gasteiger partial charge in [-0.25, -0.2) is 0 Å². The van der Waals surface area contributed by atoms with Gasteiger partial charge < -0.3 is 0 Å². The van der Waals surface area contributed by atoms with E-state index in [0.29, 0.717) is 0 Å². The normalized spacial score (nSPS) is 12.3. The molecule has 0 N–H and O–H groups in total. The first-order valence-corrected chi connectivity index (χ1v) is 17.1. The lowest BCUT2D eigenvalue weighted by molar-refractivity contribution is 1.72. The highest BCUT2D eigenvalue weighted by atomic mass is 32.1. The van der Waals surface area contributed by atoms with Crippen LogP contribution in [0.5, 0.6) is 0 Å². The third-order valence-corrected chi connectivity index (χ3v) is 11.6. The van der Waals surface area contributed by atoms with E-state index in [9.17, 15) is 0 Å². The molecule has 1 heteroatoms. The molecule has 0 saturated carbocycles. The number of fused-ring (bicyclic) bond motifs is 6. The maximum absolute atomic E-state index is 2.44. The van der Waals surface area contributed by atoms with Gasteiger partial charge in [-0.15, -0.1) is 11.3 Å². The second-order valence-electron chi connectivity index (χ2n) is 12.8. The van der Waals surface area contributed by atoms with Crippen LogP contribution in [-0.4, -0.2) is 0 Å². The second-order valence-corrected chi connectivity index (χ2v) is 13.8. The Morgan fingerprint density at radius 1 is 0.298 bits per heavy atom. The summed E-state index contributed by atoms with van der Waals surface area (Å²) in [5.74, 6) is 0. The van der Waals surface area contributed by atoms with E-state index < -0.39 is 0 Å². The largest absolute Gasteiger partial charge is 0.135 e. The molecule has 1 heterocycles. The van der Waals surface area contributed by atoms with E-state index >= 15 is 0 Å². The molecule has 10 aromatic carbocycles. The average Bonchev–Trinajstić information content (AvgIpc) is 3.50. The Morgan fingerprint density at radius 2 is 0.830 bits per heavy atom. The highest BCUT2D eigenvalue weighted by Crippen LogP contribution is 2.51. The third kappa shape index (κ3) is 3.42. The first kappa shape index (κ1) is 25.4. The molecule has 0 radical (unpaired) electrons. The van der Waals surface area contributed by atoms with Crippen LogP contribution in [-0.2, 0) is 0 Å². The number of hydrogen-bond donors (Lipinski definition) is 0. The first-order chi connectivity index (χ1) is 23.3. The second kappa shape index (κ2) is 9.39. The van der Waals surface area contributed by atoms with E-state index in [4.69, 9.17) is 0 Å². The summed E-state index contributed by atoms with van der Waals surface area (Å²) in [5.41, 5.74) is 5.27. The number of rotatable bonds is 2. The van der Waals surface area contributed by atoms with Gasteiger partial charge in [0.05, 0.1) is 0 Å². The highest BCUT2D eigenvalue weighted by molar-refractivity contribution is 7.26. The van der Waals surface area contributed by atoms with Crippen LogP contribution >= 0.6 is 11.3 Å². The summed E-state index contributed by atoms with van der Waals surface area (Å²) in [6.07, 6.45) is 0. The standard InChI is InChI=1S/C46H26S/c1-2-15-31-29(11-1)25-39-32-16-7-8-22-40(32)47-46(39)45(31)44-35-19-5-3-17-33(35)43(34-18-4-6-20-36(34)44)38-26-30-14-9-12-27-23-24-28-13-10-21-37(38)42(28)41(27)30/h1-26H. The third-order valence-electron chi connectivity index (χ3n) is 10.3. The molecule has 0 aliphatic rings. The molecule has 0 bridgehead atoms. The fourth-order valence-corrected chi connectivity index (χ4v) is 9.68. The summed E-state index contributed by atoms with van der Waals surface area (Å²) in [6.45, 7) is 0. The summed E-state index contributed by atoms with van der Waals surface area (Å²) >= 11 is 1.92. The monoisotopic (exact) mass is 610 g/mol. The molecule has 0 spiro atoms. The molecule has 0 amide bonds.